The van der Waals surface area contributed by atoms with Gasteiger partial charge in [0.25, 0.3) is 5.91 Å². The number of nitrogens with one attached hydrogen (secondary N) is 1. The molecule has 0 aliphatic rings. The number of hydrogen-bond donors (Lipinski definition) is 1. The molecule has 0 aliphatic heterocycles. The largest absolute Gasteiger partial charge is 0.446 e. The Morgan fingerprint density at radius 2 is 2.04 bits per heavy atom. The van der Waals surface area contributed by atoms with Crippen LogP contribution < -0.4 is 5.32 Å². The van der Waals surface area contributed by atoms with Crippen molar-refractivity contribution in [3.8, 4) is 0 Å². The lowest BCUT2D eigenvalue weighted by Crippen LogP contribution is -2.32. The van der Waals surface area contributed by atoms with Crippen LogP contribution in [-0.2, 0) is 11.3 Å². The summed E-state index contributed by atoms with van der Waals surface area (Å²) in [5.74, 6) is 0.296. The predicted octanol–water partition coefficient (Wildman–Crippen LogP) is 3.57. The minimum absolute atomic E-state index is 0.0255. The van der Waals surface area contributed by atoms with Crippen molar-refractivity contribution in [3.05, 3.63) is 43.2 Å². The molecule has 0 radical (unpaired) electrons. The van der Waals surface area contributed by atoms with Crippen LogP contribution in [0, 0.1) is 11.3 Å². The van der Waals surface area contributed by atoms with Crippen molar-refractivity contribution in [2.24, 2.45) is 11.3 Å². The van der Waals surface area contributed by atoms with E-state index in [2.05, 4.69) is 51.2 Å². The van der Waals surface area contributed by atoms with Gasteiger partial charge >= 0.3 is 0 Å². The molecule has 1 heterocycles. The number of amides is 2. The highest BCUT2D eigenvalue weighted by Gasteiger charge is 2.22. The fourth-order valence-corrected chi connectivity index (χ4v) is 2.86. The molecule has 0 aromatic carbocycles. The molecule has 1 aromatic heterocycles. The van der Waals surface area contributed by atoms with E-state index in [1.165, 1.54) is 6.26 Å². The molecule has 0 spiro atoms. The summed E-state index contributed by atoms with van der Waals surface area (Å²) in [5, 5.41) is 2.63. The number of nitrogens with zero attached hydrogens (tertiary/aromatic N) is 2. The molecule has 0 unspecified atom stereocenters. The lowest BCUT2D eigenvalue weighted by molar-refractivity contribution is -0.132. The summed E-state index contributed by atoms with van der Waals surface area (Å²) < 4.78 is 5.35. The first-order valence-electron chi connectivity index (χ1n) is 8.88. The molecule has 1 atom stereocenters. The Morgan fingerprint density at radius 1 is 1.35 bits per heavy atom. The molecular weight excluding hydrogens is 330 g/mol. The molecule has 0 fully saturated rings. The van der Waals surface area contributed by atoms with E-state index in [0.29, 0.717) is 25.4 Å². The monoisotopic (exact) mass is 361 g/mol. The fraction of sp³-hybridized carbons (Fsp3) is 0.550. The molecule has 1 N–H and O–H groups in total. The van der Waals surface area contributed by atoms with Crippen molar-refractivity contribution in [2.75, 3.05) is 13.1 Å². The molecule has 6 nitrogen and oxygen atoms in total. The molecule has 0 bridgehead atoms. The van der Waals surface area contributed by atoms with Crippen molar-refractivity contribution in [1.82, 2.24) is 15.2 Å². The van der Waals surface area contributed by atoms with Crippen LogP contribution in [0.15, 0.2) is 36.0 Å². The lowest BCUT2D eigenvalue weighted by atomic mass is 9.84. The molecule has 1 rings (SSSR count). The van der Waals surface area contributed by atoms with Crippen LogP contribution in [0.3, 0.4) is 0 Å². The van der Waals surface area contributed by atoms with Gasteiger partial charge in [-0.25, -0.2) is 4.98 Å². The lowest BCUT2D eigenvalue weighted by Gasteiger charge is -2.25. The maximum absolute atomic E-state index is 12.6. The highest BCUT2D eigenvalue weighted by Crippen LogP contribution is 2.26. The third kappa shape index (κ3) is 7.68. The first-order valence-corrected chi connectivity index (χ1v) is 8.88. The van der Waals surface area contributed by atoms with Gasteiger partial charge < -0.3 is 14.6 Å². The van der Waals surface area contributed by atoms with Crippen LogP contribution >= 0.6 is 0 Å². The van der Waals surface area contributed by atoms with Gasteiger partial charge in [0.1, 0.15) is 6.26 Å². The first-order chi connectivity index (χ1) is 12.2. The molecule has 2 amide bonds. The quantitative estimate of drug-likeness (QED) is 0.647. The maximum Gasteiger partial charge on any atom is 0.273 e. The van der Waals surface area contributed by atoms with Gasteiger partial charge in [-0.3, -0.25) is 9.59 Å². The van der Waals surface area contributed by atoms with Crippen LogP contribution in [0.5, 0.6) is 0 Å². The van der Waals surface area contributed by atoms with Crippen molar-refractivity contribution in [2.45, 2.75) is 47.1 Å². The normalized spacial score (nSPS) is 12.3. The smallest absolute Gasteiger partial charge is 0.273 e. The van der Waals surface area contributed by atoms with Gasteiger partial charge in [-0.15, -0.1) is 13.2 Å². The van der Waals surface area contributed by atoms with E-state index in [1.54, 1.807) is 17.1 Å². The Kier molecular flexibility index (Phi) is 8.29. The first kappa shape index (κ1) is 21.7. The summed E-state index contributed by atoms with van der Waals surface area (Å²) in [6.45, 7) is 16.8. The summed E-state index contributed by atoms with van der Waals surface area (Å²) in [4.78, 5) is 30.3. The van der Waals surface area contributed by atoms with Crippen molar-refractivity contribution in [1.29, 1.82) is 0 Å². The minimum Gasteiger partial charge on any atom is -0.446 e. The SMILES string of the molecule is C=CCNC(=O)c1coc(CN(CC=C)C(=O)C[C@@H](C)CC(C)(C)C)n1. The molecule has 144 valence electrons. The third-order valence-corrected chi connectivity index (χ3v) is 3.70. The van der Waals surface area contributed by atoms with Crippen molar-refractivity contribution < 1.29 is 14.0 Å². The zero-order chi connectivity index (χ0) is 19.7. The van der Waals surface area contributed by atoms with Gasteiger partial charge in [-0.1, -0.05) is 39.8 Å². The van der Waals surface area contributed by atoms with Gasteiger partial charge in [0, 0.05) is 19.5 Å². The number of carbonyl (C=O) groups is 2. The summed E-state index contributed by atoms with van der Waals surface area (Å²) >= 11 is 0. The Labute approximate surface area is 156 Å². The van der Waals surface area contributed by atoms with E-state index in [-0.39, 0.29) is 35.4 Å². The average Bonchev–Trinajstić information content (AvgIpc) is 2.98. The predicted molar refractivity (Wildman–Crippen MR) is 103 cm³/mol. The number of rotatable bonds is 10. The van der Waals surface area contributed by atoms with Crippen LogP contribution in [0.25, 0.3) is 0 Å². The molecular formula is C20H31N3O3. The molecule has 26 heavy (non-hydrogen) atoms. The van der Waals surface area contributed by atoms with Crippen molar-refractivity contribution >= 4 is 11.8 Å². The summed E-state index contributed by atoms with van der Waals surface area (Å²) in [7, 11) is 0. The van der Waals surface area contributed by atoms with E-state index in [0.717, 1.165) is 6.42 Å². The number of hydrogen-bond acceptors (Lipinski definition) is 4. The van der Waals surface area contributed by atoms with Gasteiger partial charge in [0.05, 0.1) is 6.54 Å². The molecule has 0 saturated carbocycles. The average molecular weight is 361 g/mol. The van der Waals surface area contributed by atoms with E-state index in [4.69, 9.17) is 4.42 Å². The Balaban J connectivity index is 2.71. The highest BCUT2D eigenvalue weighted by atomic mass is 16.3. The zero-order valence-electron chi connectivity index (χ0n) is 16.4. The number of carbonyl (C=O) groups excluding carboxylic acids is 2. The van der Waals surface area contributed by atoms with E-state index < -0.39 is 0 Å². The van der Waals surface area contributed by atoms with Gasteiger partial charge in [-0.2, -0.15) is 0 Å². The van der Waals surface area contributed by atoms with E-state index in [1.807, 2.05) is 0 Å². The minimum atomic E-state index is -0.333. The second-order valence-corrected chi connectivity index (χ2v) is 7.76. The van der Waals surface area contributed by atoms with Crippen LogP contribution in [-0.4, -0.2) is 34.8 Å². The molecule has 0 aliphatic carbocycles. The topological polar surface area (TPSA) is 75.4 Å². The van der Waals surface area contributed by atoms with E-state index in [9.17, 15) is 9.59 Å². The van der Waals surface area contributed by atoms with Crippen LogP contribution in [0.4, 0.5) is 0 Å². The van der Waals surface area contributed by atoms with E-state index >= 15 is 0 Å². The van der Waals surface area contributed by atoms with Crippen LogP contribution in [0.1, 0.15) is 56.9 Å². The summed E-state index contributed by atoms with van der Waals surface area (Å²) in [5.41, 5.74) is 0.369. The summed E-state index contributed by atoms with van der Waals surface area (Å²) in [6, 6.07) is 0. The fourth-order valence-electron chi connectivity index (χ4n) is 2.86. The molecule has 0 saturated heterocycles. The number of aromatic nitrogens is 1. The maximum atomic E-state index is 12.6. The molecule has 6 heteroatoms. The second-order valence-electron chi connectivity index (χ2n) is 7.76. The molecule has 1 aromatic rings. The Hall–Kier alpha value is -2.37. The van der Waals surface area contributed by atoms with Crippen LogP contribution in [0.2, 0.25) is 0 Å². The summed E-state index contributed by atoms with van der Waals surface area (Å²) in [6.07, 6.45) is 5.98. The Bertz CT molecular complexity index is 628. The van der Waals surface area contributed by atoms with Gasteiger partial charge in [-0.05, 0) is 17.8 Å². The third-order valence-electron chi connectivity index (χ3n) is 3.70. The Morgan fingerprint density at radius 3 is 2.62 bits per heavy atom. The van der Waals surface area contributed by atoms with Gasteiger partial charge in [0.15, 0.2) is 5.69 Å². The van der Waals surface area contributed by atoms with Gasteiger partial charge in [0.2, 0.25) is 11.8 Å². The highest BCUT2D eigenvalue weighted by molar-refractivity contribution is 5.91. The second kappa shape index (κ2) is 9.94. The number of oxazole rings is 1. The standard InChI is InChI=1S/C20H31N3O3/c1-7-9-21-19(25)16-14-26-17(22-16)13-23(10-8-2)18(24)11-15(3)12-20(4,5)6/h7-8,14-15H,1-2,9-13H2,3-6H3,(H,21,25)/t15-/m1/s1. The zero-order valence-corrected chi connectivity index (χ0v) is 16.4. The van der Waals surface area contributed by atoms with Crippen molar-refractivity contribution in [3.63, 3.8) is 0 Å².